The van der Waals surface area contributed by atoms with Crippen molar-refractivity contribution in [3.63, 3.8) is 0 Å². The predicted molar refractivity (Wildman–Crippen MR) is 74.3 cm³/mol. The molecule has 0 aliphatic carbocycles. The topological polar surface area (TPSA) is 24.5 Å². The van der Waals surface area contributed by atoms with Crippen molar-refractivity contribution >= 4 is 5.69 Å². The highest BCUT2D eigenvalue weighted by atomic mass is 19.1. The second-order valence-electron chi connectivity index (χ2n) is 5.57. The largest absolute Gasteiger partial charge is 0.497 e. The third-order valence-electron chi connectivity index (χ3n) is 4.57. The molecular formula is C15H21FN2O. The number of benzene rings is 1. The highest BCUT2D eigenvalue weighted by Gasteiger charge is 2.41. The molecule has 2 heterocycles. The van der Waals surface area contributed by atoms with Gasteiger partial charge in [0.25, 0.3) is 0 Å². The van der Waals surface area contributed by atoms with Gasteiger partial charge >= 0.3 is 0 Å². The molecule has 2 atom stereocenters. The van der Waals surface area contributed by atoms with Gasteiger partial charge in [0.1, 0.15) is 11.6 Å². The molecule has 1 aromatic carbocycles. The zero-order chi connectivity index (χ0) is 13.4. The van der Waals surface area contributed by atoms with Gasteiger partial charge in [-0.1, -0.05) is 0 Å². The molecule has 1 aromatic rings. The number of fused-ring (bicyclic) bond motifs is 2. The second kappa shape index (κ2) is 5.00. The van der Waals surface area contributed by atoms with E-state index in [-0.39, 0.29) is 5.82 Å². The molecule has 2 bridgehead atoms. The number of nitrogens with zero attached hydrogens (tertiary/aromatic N) is 1. The van der Waals surface area contributed by atoms with Gasteiger partial charge in [0, 0.05) is 24.2 Å². The molecule has 104 valence electrons. The van der Waals surface area contributed by atoms with Crippen LogP contribution in [-0.4, -0.2) is 32.3 Å². The fraction of sp³-hybridized carbons (Fsp3) is 0.600. The number of methoxy groups -OCH3 is 1. The summed E-state index contributed by atoms with van der Waals surface area (Å²) in [7, 11) is 3.64. The van der Waals surface area contributed by atoms with Crippen molar-refractivity contribution in [3.8, 4) is 5.75 Å². The SMILES string of the molecule is CNC1CC2CCC(C1)N2c1cc(OC)ccc1F. The maximum atomic E-state index is 14.1. The molecule has 2 saturated heterocycles. The molecule has 3 nitrogen and oxygen atoms in total. The zero-order valence-corrected chi connectivity index (χ0v) is 11.5. The number of hydrogen-bond donors (Lipinski definition) is 1. The Balaban J connectivity index is 1.91. The molecule has 19 heavy (non-hydrogen) atoms. The van der Waals surface area contributed by atoms with Gasteiger partial charge < -0.3 is 15.0 Å². The first-order valence-electron chi connectivity index (χ1n) is 7.02. The van der Waals surface area contributed by atoms with Crippen LogP contribution in [0.25, 0.3) is 0 Å². The summed E-state index contributed by atoms with van der Waals surface area (Å²) in [5.74, 6) is 0.590. The van der Waals surface area contributed by atoms with Crippen LogP contribution >= 0.6 is 0 Å². The summed E-state index contributed by atoms with van der Waals surface area (Å²) in [5, 5.41) is 3.37. The molecule has 1 N–H and O–H groups in total. The van der Waals surface area contributed by atoms with E-state index < -0.39 is 0 Å². The molecule has 0 radical (unpaired) electrons. The number of anilines is 1. The monoisotopic (exact) mass is 264 g/mol. The van der Waals surface area contributed by atoms with Gasteiger partial charge in [0.2, 0.25) is 0 Å². The van der Waals surface area contributed by atoms with E-state index in [1.165, 1.54) is 18.9 Å². The van der Waals surface area contributed by atoms with Gasteiger partial charge in [0.05, 0.1) is 12.8 Å². The summed E-state index contributed by atoms with van der Waals surface area (Å²) in [6.07, 6.45) is 4.53. The van der Waals surface area contributed by atoms with E-state index in [0.717, 1.165) is 18.6 Å². The van der Waals surface area contributed by atoms with E-state index in [1.54, 1.807) is 13.2 Å². The van der Waals surface area contributed by atoms with E-state index in [1.807, 2.05) is 13.1 Å². The molecule has 2 aliphatic rings. The number of hydrogen-bond acceptors (Lipinski definition) is 3. The third kappa shape index (κ3) is 2.18. The summed E-state index contributed by atoms with van der Waals surface area (Å²) >= 11 is 0. The fourth-order valence-electron chi connectivity index (χ4n) is 3.62. The smallest absolute Gasteiger partial charge is 0.146 e. The molecule has 0 saturated carbocycles. The molecule has 2 aliphatic heterocycles. The quantitative estimate of drug-likeness (QED) is 0.908. The van der Waals surface area contributed by atoms with E-state index in [0.29, 0.717) is 23.8 Å². The maximum absolute atomic E-state index is 14.1. The molecule has 3 rings (SSSR count). The summed E-state index contributed by atoms with van der Waals surface area (Å²) in [5.41, 5.74) is 0.710. The minimum atomic E-state index is -0.138. The van der Waals surface area contributed by atoms with E-state index in [2.05, 4.69) is 10.2 Å². The lowest BCUT2D eigenvalue weighted by molar-refractivity contribution is 0.369. The molecule has 2 fully saturated rings. The Hall–Kier alpha value is -1.29. The van der Waals surface area contributed by atoms with Crippen molar-refractivity contribution in [2.45, 2.75) is 43.8 Å². The Kier molecular flexibility index (Phi) is 3.35. The van der Waals surface area contributed by atoms with Gasteiger partial charge in [-0.3, -0.25) is 0 Å². The third-order valence-corrected chi connectivity index (χ3v) is 4.57. The van der Waals surface area contributed by atoms with Gasteiger partial charge in [-0.2, -0.15) is 0 Å². The zero-order valence-electron chi connectivity index (χ0n) is 11.5. The lowest BCUT2D eigenvalue weighted by Crippen LogP contribution is -2.48. The van der Waals surface area contributed by atoms with Crippen LogP contribution in [0.3, 0.4) is 0 Å². The lowest BCUT2D eigenvalue weighted by Gasteiger charge is -2.40. The highest BCUT2D eigenvalue weighted by Crippen LogP contribution is 2.41. The minimum absolute atomic E-state index is 0.138. The van der Waals surface area contributed by atoms with Crippen LogP contribution in [0.1, 0.15) is 25.7 Å². The highest BCUT2D eigenvalue weighted by molar-refractivity contribution is 5.55. The van der Waals surface area contributed by atoms with Gasteiger partial charge in [-0.15, -0.1) is 0 Å². The number of piperidine rings is 1. The number of rotatable bonds is 3. The summed E-state index contributed by atoms with van der Waals surface area (Å²) in [4.78, 5) is 2.28. The van der Waals surface area contributed by atoms with E-state index in [4.69, 9.17) is 4.74 Å². The molecule has 0 amide bonds. The van der Waals surface area contributed by atoms with Crippen molar-refractivity contribution < 1.29 is 9.13 Å². The van der Waals surface area contributed by atoms with Gasteiger partial charge in [-0.05, 0) is 44.9 Å². The summed E-state index contributed by atoms with van der Waals surface area (Å²) in [6, 6.07) is 6.51. The first-order valence-corrected chi connectivity index (χ1v) is 7.02. The lowest BCUT2D eigenvalue weighted by atomic mass is 9.96. The van der Waals surface area contributed by atoms with Crippen molar-refractivity contribution in [1.29, 1.82) is 0 Å². The molecule has 0 aromatic heterocycles. The van der Waals surface area contributed by atoms with Crippen LogP contribution in [0.4, 0.5) is 10.1 Å². The Morgan fingerprint density at radius 2 is 1.95 bits per heavy atom. The Morgan fingerprint density at radius 3 is 2.53 bits per heavy atom. The van der Waals surface area contributed by atoms with Gasteiger partial charge in [0.15, 0.2) is 0 Å². The van der Waals surface area contributed by atoms with Crippen LogP contribution in [0, 0.1) is 5.82 Å². The van der Waals surface area contributed by atoms with E-state index in [9.17, 15) is 4.39 Å². The Morgan fingerprint density at radius 1 is 1.26 bits per heavy atom. The summed E-state index contributed by atoms with van der Waals surface area (Å²) < 4.78 is 19.4. The molecule has 0 spiro atoms. The number of nitrogens with one attached hydrogen (secondary N) is 1. The number of ether oxygens (including phenoxy) is 1. The molecule has 2 unspecified atom stereocenters. The molecular weight excluding hydrogens is 243 g/mol. The maximum Gasteiger partial charge on any atom is 0.146 e. The first kappa shape index (κ1) is 12.7. The van der Waals surface area contributed by atoms with Crippen molar-refractivity contribution in [2.75, 3.05) is 19.1 Å². The standard InChI is InChI=1S/C15H21FN2O/c1-17-10-7-11-3-4-12(8-10)18(11)15-9-13(19-2)5-6-14(15)16/h5-6,9-12,17H,3-4,7-8H2,1-2H3. The Labute approximate surface area is 113 Å². The second-order valence-corrected chi connectivity index (χ2v) is 5.57. The van der Waals surface area contributed by atoms with Crippen LogP contribution in [0.5, 0.6) is 5.75 Å². The molecule has 4 heteroatoms. The van der Waals surface area contributed by atoms with Crippen molar-refractivity contribution in [3.05, 3.63) is 24.0 Å². The Bertz CT molecular complexity index is 451. The average molecular weight is 264 g/mol. The number of halogens is 1. The summed E-state index contributed by atoms with van der Waals surface area (Å²) in [6.45, 7) is 0. The van der Waals surface area contributed by atoms with Crippen molar-refractivity contribution in [1.82, 2.24) is 5.32 Å². The van der Waals surface area contributed by atoms with Crippen LogP contribution in [0.15, 0.2) is 18.2 Å². The van der Waals surface area contributed by atoms with Crippen molar-refractivity contribution in [2.24, 2.45) is 0 Å². The van der Waals surface area contributed by atoms with Crippen LogP contribution in [0.2, 0.25) is 0 Å². The van der Waals surface area contributed by atoms with Crippen LogP contribution in [-0.2, 0) is 0 Å². The fourth-order valence-corrected chi connectivity index (χ4v) is 3.62. The van der Waals surface area contributed by atoms with E-state index >= 15 is 0 Å². The normalized spacial score (nSPS) is 29.6. The van der Waals surface area contributed by atoms with Gasteiger partial charge in [-0.25, -0.2) is 4.39 Å². The first-order chi connectivity index (χ1) is 9.22. The predicted octanol–water partition coefficient (Wildman–Crippen LogP) is 2.55. The average Bonchev–Trinajstić information content (AvgIpc) is 2.69. The minimum Gasteiger partial charge on any atom is -0.497 e. The van der Waals surface area contributed by atoms with Crippen LogP contribution < -0.4 is 15.0 Å².